The Bertz CT molecular complexity index is 202. The summed E-state index contributed by atoms with van der Waals surface area (Å²) in [6.07, 6.45) is 4.07. The molecule has 0 amide bonds. The van der Waals surface area contributed by atoms with Gasteiger partial charge in [0.2, 0.25) is 0 Å². The highest BCUT2D eigenvalue weighted by molar-refractivity contribution is 4.92. The zero-order chi connectivity index (χ0) is 12.7. The van der Waals surface area contributed by atoms with E-state index in [1.165, 1.54) is 12.8 Å². The van der Waals surface area contributed by atoms with E-state index in [-0.39, 0.29) is 18.2 Å². The molecule has 0 aliphatic heterocycles. The van der Waals surface area contributed by atoms with Gasteiger partial charge in [0.25, 0.3) is 0 Å². The van der Waals surface area contributed by atoms with Crippen LogP contribution >= 0.6 is 0 Å². The van der Waals surface area contributed by atoms with Gasteiger partial charge in [0.05, 0.1) is 12.7 Å². The number of β-amino-alcohol motifs (C(OH)–C–C–N with tert-alkyl or cyclic N) is 1. The van der Waals surface area contributed by atoms with Gasteiger partial charge in [-0.05, 0) is 25.9 Å². The number of rotatable bonds is 8. The van der Waals surface area contributed by atoms with Crippen LogP contribution < -0.4 is 5.32 Å². The van der Waals surface area contributed by atoms with Crippen molar-refractivity contribution >= 4 is 0 Å². The Labute approximate surface area is 105 Å². The molecule has 1 unspecified atom stereocenters. The standard InChI is InChI=1S/C13H28N2O2/c1-3-15(4-2)10-12(17)9-14-13(11-16)7-5-6-8-13/h12,14,16-17H,3-11H2,1-2H3. The third kappa shape index (κ3) is 4.54. The highest BCUT2D eigenvalue weighted by atomic mass is 16.3. The summed E-state index contributed by atoms with van der Waals surface area (Å²) in [7, 11) is 0. The Balaban J connectivity index is 2.28. The highest BCUT2D eigenvalue weighted by Crippen LogP contribution is 2.28. The molecular weight excluding hydrogens is 216 g/mol. The number of likely N-dealkylation sites (N-methyl/N-ethyl adjacent to an activating group) is 1. The molecular formula is C13H28N2O2. The van der Waals surface area contributed by atoms with Crippen LogP contribution in [0, 0.1) is 0 Å². The zero-order valence-electron chi connectivity index (χ0n) is 11.3. The maximum absolute atomic E-state index is 9.97. The van der Waals surface area contributed by atoms with E-state index in [1.54, 1.807) is 0 Å². The van der Waals surface area contributed by atoms with Crippen molar-refractivity contribution in [3.8, 4) is 0 Å². The average molecular weight is 244 g/mol. The Morgan fingerprint density at radius 1 is 1.24 bits per heavy atom. The summed E-state index contributed by atoms with van der Waals surface area (Å²) in [6.45, 7) is 7.63. The van der Waals surface area contributed by atoms with Crippen LogP contribution in [0.3, 0.4) is 0 Å². The molecule has 4 heteroatoms. The van der Waals surface area contributed by atoms with Crippen molar-refractivity contribution < 1.29 is 10.2 Å². The van der Waals surface area contributed by atoms with Crippen molar-refractivity contribution in [2.75, 3.05) is 32.8 Å². The largest absolute Gasteiger partial charge is 0.394 e. The molecule has 1 fully saturated rings. The summed E-state index contributed by atoms with van der Waals surface area (Å²) >= 11 is 0. The molecule has 1 saturated carbocycles. The summed E-state index contributed by atoms with van der Waals surface area (Å²) in [4.78, 5) is 2.21. The summed E-state index contributed by atoms with van der Waals surface area (Å²) in [5, 5.41) is 22.8. The van der Waals surface area contributed by atoms with Gasteiger partial charge in [0.1, 0.15) is 0 Å². The third-order valence-electron chi connectivity index (χ3n) is 3.94. The SMILES string of the molecule is CCN(CC)CC(O)CNC1(CO)CCCC1. The van der Waals surface area contributed by atoms with E-state index < -0.39 is 0 Å². The lowest BCUT2D eigenvalue weighted by Crippen LogP contribution is -2.50. The van der Waals surface area contributed by atoms with Crippen LogP contribution in [0.1, 0.15) is 39.5 Å². The lowest BCUT2D eigenvalue weighted by Gasteiger charge is -2.30. The molecule has 0 aromatic carbocycles. The van der Waals surface area contributed by atoms with Crippen LogP contribution in [0.25, 0.3) is 0 Å². The van der Waals surface area contributed by atoms with Crippen molar-refractivity contribution in [2.45, 2.75) is 51.2 Å². The fraction of sp³-hybridized carbons (Fsp3) is 1.00. The molecule has 0 aromatic rings. The van der Waals surface area contributed by atoms with E-state index in [9.17, 15) is 10.2 Å². The van der Waals surface area contributed by atoms with Gasteiger partial charge in [0, 0.05) is 18.6 Å². The van der Waals surface area contributed by atoms with E-state index in [2.05, 4.69) is 24.1 Å². The second-order valence-electron chi connectivity index (χ2n) is 5.17. The number of aliphatic hydroxyl groups is 2. The van der Waals surface area contributed by atoms with Crippen LogP contribution in [-0.2, 0) is 0 Å². The Hall–Kier alpha value is -0.160. The minimum absolute atomic E-state index is 0.121. The highest BCUT2D eigenvalue weighted by Gasteiger charge is 2.32. The first-order chi connectivity index (χ1) is 8.15. The Morgan fingerprint density at radius 3 is 2.29 bits per heavy atom. The summed E-state index contributed by atoms with van der Waals surface area (Å²) < 4.78 is 0. The van der Waals surface area contributed by atoms with Gasteiger partial charge in [0.15, 0.2) is 0 Å². The van der Waals surface area contributed by atoms with Gasteiger partial charge < -0.3 is 20.4 Å². The van der Waals surface area contributed by atoms with Gasteiger partial charge in [-0.25, -0.2) is 0 Å². The van der Waals surface area contributed by atoms with Crippen molar-refractivity contribution in [3.63, 3.8) is 0 Å². The Kier molecular flexibility index (Phi) is 6.41. The van der Waals surface area contributed by atoms with Gasteiger partial charge in [-0.1, -0.05) is 26.7 Å². The summed E-state index contributed by atoms with van der Waals surface area (Å²) in [6, 6.07) is 0. The number of hydrogen-bond acceptors (Lipinski definition) is 4. The second kappa shape index (κ2) is 7.31. The van der Waals surface area contributed by atoms with E-state index in [0.29, 0.717) is 13.1 Å². The zero-order valence-corrected chi connectivity index (χ0v) is 11.3. The van der Waals surface area contributed by atoms with Crippen LogP contribution in [0.4, 0.5) is 0 Å². The molecule has 102 valence electrons. The lowest BCUT2D eigenvalue weighted by atomic mass is 9.98. The van der Waals surface area contributed by atoms with Crippen LogP contribution in [0.5, 0.6) is 0 Å². The molecule has 0 aromatic heterocycles. The Morgan fingerprint density at radius 2 is 1.82 bits per heavy atom. The van der Waals surface area contributed by atoms with Gasteiger partial charge in [-0.15, -0.1) is 0 Å². The van der Waals surface area contributed by atoms with Gasteiger partial charge in [-0.3, -0.25) is 0 Å². The quantitative estimate of drug-likeness (QED) is 0.585. The molecule has 1 rings (SSSR count). The van der Waals surface area contributed by atoms with Gasteiger partial charge >= 0.3 is 0 Å². The molecule has 3 N–H and O–H groups in total. The fourth-order valence-electron chi connectivity index (χ4n) is 2.62. The predicted molar refractivity (Wildman–Crippen MR) is 70.1 cm³/mol. The lowest BCUT2D eigenvalue weighted by molar-refractivity contribution is 0.0929. The molecule has 1 atom stereocenters. The minimum atomic E-state index is -0.348. The number of nitrogens with one attached hydrogen (secondary N) is 1. The van der Waals surface area contributed by atoms with Crippen molar-refractivity contribution in [1.82, 2.24) is 10.2 Å². The molecule has 0 spiro atoms. The summed E-state index contributed by atoms with van der Waals surface area (Å²) in [5.41, 5.74) is -0.121. The number of hydrogen-bond donors (Lipinski definition) is 3. The van der Waals surface area contributed by atoms with E-state index in [4.69, 9.17) is 0 Å². The number of nitrogens with zero attached hydrogens (tertiary/aromatic N) is 1. The smallest absolute Gasteiger partial charge is 0.0791 e. The third-order valence-corrected chi connectivity index (χ3v) is 3.94. The van der Waals surface area contributed by atoms with Crippen molar-refractivity contribution in [1.29, 1.82) is 0 Å². The minimum Gasteiger partial charge on any atom is -0.394 e. The average Bonchev–Trinajstić information content (AvgIpc) is 2.83. The second-order valence-corrected chi connectivity index (χ2v) is 5.17. The van der Waals surface area contributed by atoms with Crippen molar-refractivity contribution in [2.24, 2.45) is 0 Å². The van der Waals surface area contributed by atoms with Crippen LogP contribution in [0.15, 0.2) is 0 Å². The molecule has 1 aliphatic rings. The topological polar surface area (TPSA) is 55.7 Å². The monoisotopic (exact) mass is 244 g/mol. The van der Waals surface area contributed by atoms with E-state index in [1.807, 2.05) is 0 Å². The number of aliphatic hydroxyl groups excluding tert-OH is 2. The summed E-state index contributed by atoms with van der Waals surface area (Å²) in [5.74, 6) is 0. The molecule has 4 nitrogen and oxygen atoms in total. The van der Waals surface area contributed by atoms with Crippen molar-refractivity contribution in [3.05, 3.63) is 0 Å². The normalized spacial score (nSPS) is 21.0. The molecule has 0 heterocycles. The fourth-order valence-corrected chi connectivity index (χ4v) is 2.62. The molecule has 0 bridgehead atoms. The van der Waals surface area contributed by atoms with E-state index in [0.717, 1.165) is 25.9 Å². The first-order valence-electron chi connectivity index (χ1n) is 6.92. The molecule has 17 heavy (non-hydrogen) atoms. The first-order valence-corrected chi connectivity index (χ1v) is 6.92. The van der Waals surface area contributed by atoms with Gasteiger partial charge in [-0.2, -0.15) is 0 Å². The van der Waals surface area contributed by atoms with Crippen LogP contribution in [0.2, 0.25) is 0 Å². The van der Waals surface area contributed by atoms with E-state index >= 15 is 0 Å². The first kappa shape index (κ1) is 14.9. The van der Waals surface area contributed by atoms with Crippen LogP contribution in [-0.4, -0.2) is 59.5 Å². The molecule has 0 radical (unpaired) electrons. The molecule has 0 saturated heterocycles. The molecule has 1 aliphatic carbocycles. The maximum atomic E-state index is 9.97. The predicted octanol–water partition coefficient (Wildman–Crippen LogP) is 0.584. The maximum Gasteiger partial charge on any atom is 0.0791 e.